The van der Waals surface area contributed by atoms with Crippen LogP contribution >= 0.6 is 27.5 Å². The van der Waals surface area contributed by atoms with Crippen molar-refractivity contribution in [3.8, 4) is 5.75 Å². The zero-order valence-electron chi connectivity index (χ0n) is 17.7. The molecule has 0 aromatic heterocycles. The smallest absolute Gasteiger partial charge is 0.261 e. The number of nitrogens with zero attached hydrogens (tertiary/aromatic N) is 1. The fraction of sp³-hybridized carbons (Fsp3) is 0.391. The van der Waals surface area contributed by atoms with Crippen LogP contribution in [0.4, 0.5) is 0 Å². The van der Waals surface area contributed by atoms with Crippen LogP contribution in [0.15, 0.2) is 46.9 Å². The molecule has 5 nitrogen and oxygen atoms in total. The Morgan fingerprint density at radius 1 is 1.20 bits per heavy atom. The van der Waals surface area contributed by atoms with Crippen molar-refractivity contribution in [2.24, 2.45) is 0 Å². The van der Waals surface area contributed by atoms with Gasteiger partial charge in [-0.3, -0.25) is 9.59 Å². The molecule has 2 amide bonds. The lowest BCUT2D eigenvalue weighted by atomic mass is 10.1. The molecule has 2 aromatic rings. The van der Waals surface area contributed by atoms with Gasteiger partial charge < -0.3 is 15.0 Å². The summed E-state index contributed by atoms with van der Waals surface area (Å²) in [5, 5.41) is 3.52. The van der Waals surface area contributed by atoms with Gasteiger partial charge in [0.05, 0.1) is 4.47 Å². The molecule has 1 N–H and O–H groups in total. The monoisotopic (exact) mass is 494 g/mol. The number of nitrogens with one attached hydrogen (secondary N) is 1. The van der Waals surface area contributed by atoms with E-state index in [9.17, 15) is 9.59 Å². The highest BCUT2D eigenvalue weighted by Crippen LogP contribution is 2.28. The molecule has 0 aliphatic rings. The lowest BCUT2D eigenvalue weighted by Crippen LogP contribution is -2.50. The summed E-state index contributed by atoms with van der Waals surface area (Å²) < 4.78 is 6.36. The zero-order chi connectivity index (χ0) is 22.3. The number of hydrogen-bond acceptors (Lipinski definition) is 3. The van der Waals surface area contributed by atoms with Crippen molar-refractivity contribution >= 4 is 39.3 Å². The Bertz CT molecular complexity index is 891. The van der Waals surface area contributed by atoms with Crippen LogP contribution in [0.25, 0.3) is 0 Å². The number of ether oxygens (including phenoxy) is 1. The van der Waals surface area contributed by atoms with E-state index >= 15 is 0 Å². The minimum atomic E-state index is -0.635. The molecule has 0 saturated heterocycles. The molecular formula is C23H28BrClN2O3. The van der Waals surface area contributed by atoms with Gasteiger partial charge in [-0.1, -0.05) is 48.4 Å². The summed E-state index contributed by atoms with van der Waals surface area (Å²) in [5.41, 5.74) is 2.05. The summed E-state index contributed by atoms with van der Waals surface area (Å²) in [6.45, 7) is 7.81. The number of hydrogen-bond donors (Lipinski definition) is 1. The van der Waals surface area contributed by atoms with E-state index in [1.54, 1.807) is 30.0 Å². The average molecular weight is 496 g/mol. The number of carbonyl (C=O) groups is 2. The first-order valence-electron chi connectivity index (χ1n) is 9.94. The molecule has 0 saturated carbocycles. The van der Waals surface area contributed by atoms with E-state index in [1.165, 1.54) is 0 Å². The van der Waals surface area contributed by atoms with E-state index in [2.05, 4.69) is 21.2 Å². The maximum Gasteiger partial charge on any atom is 0.261 e. The van der Waals surface area contributed by atoms with Crippen molar-refractivity contribution in [2.75, 3.05) is 6.61 Å². The number of halogens is 2. The van der Waals surface area contributed by atoms with Crippen LogP contribution in [0.2, 0.25) is 5.02 Å². The molecular weight excluding hydrogens is 468 g/mol. The van der Waals surface area contributed by atoms with Gasteiger partial charge in [-0.2, -0.15) is 0 Å². The minimum Gasteiger partial charge on any atom is -0.483 e. The maximum absolute atomic E-state index is 13.1. The molecule has 162 valence electrons. The Kier molecular flexibility index (Phi) is 9.18. The van der Waals surface area contributed by atoms with E-state index < -0.39 is 6.04 Å². The Hall–Kier alpha value is -2.05. The van der Waals surface area contributed by atoms with Gasteiger partial charge in [0, 0.05) is 17.6 Å². The number of carbonyl (C=O) groups excluding carboxylic acids is 2. The van der Waals surface area contributed by atoms with Gasteiger partial charge in [0.25, 0.3) is 5.91 Å². The standard InChI is InChI=1S/C23H28BrClN2O3/c1-5-16(3)26-23(29)17(4)27(13-18-8-6-7-15(2)11-18)22(28)14-30-21-10-9-19(25)12-20(21)24/h6-12,16-17H,5,13-14H2,1-4H3,(H,26,29)/t16-,17+/m0/s1. The van der Waals surface area contributed by atoms with Crippen LogP contribution in [0.1, 0.15) is 38.3 Å². The highest BCUT2D eigenvalue weighted by molar-refractivity contribution is 9.10. The van der Waals surface area contributed by atoms with Crippen molar-refractivity contribution in [3.63, 3.8) is 0 Å². The molecule has 0 fully saturated rings. The van der Waals surface area contributed by atoms with Gasteiger partial charge >= 0.3 is 0 Å². The normalized spacial score (nSPS) is 12.7. The van der Waals surface area contributed by atoms with E-state index in [1.807, 2.05) is 45.0 Å². The van der Waals surface area contributed by atoms with Gasteiger partial charge in [0.1, 0.15) is 11.8 Å². The third-order valence-electron chi connectivity index (χ3n) is 4.85. The van der Waals surface area contributed by atoms with E-state index in [0.29, 0.717) is 21.8 Å². The number of amides is 2. The molecule has 0 aliphatic heterocycles. The fourth-order valence-corrected chi connectivity index (χ4v) is 3.67. The molecule has 0 spiro atoms. The quantitative estimate of drug-likeness (QED) is 0.525. The average Bonchev–Trinajstić information content (AvgIpc) is 2.70. The van der Waals surface area contributed by atoms with Crippen molar-refractivity contribution in [1.82, 2.24) is 10.2 Å². The summed E-state index contributed by atoms with van der Waals surface area (Å²) >= 11 is 9.34. The highest BCUT2D eigenvalue weighted by atomic mass is 79.9. The Morgan fingerprint density at radius 2 is 1.93 bits per heavy atom. The molecule has 0 heterocycles. The Morgan fingerprint density at radius 3 is 2.57 bits per heavy atom. The van der Waals surface area contributed by atoms with Crippen molar-refractivity contribution < 1.29 is 14.3 Å². The maximum atomic E-state index is 13.1. The second-order valence-electron chi connectivity index (χ2n) is 7.37. The summed E-state index contributed by atoms with van der Waals surface area (Å²) in [4.78, 5) is 27.3. The lowest BCUT2D eigenvalue weighted by Gasteiger charge is -2.29. The first-order chi connectivity index (χ1) is 14.2. The molecule has 30 heavy (non-hydrogen) atoms. The molecule has 0 bridgehead atoms. The molecule has 7 heteroatoms. The number of aryl methyl sites for hydroxylation is 1. The summed E-state index contributed by atoms with van der Waals surface area (Å²) in [6.07, 6.45) is 0.817. The predicted molar refractivity (Wildman–Crippen MR) is 124 cm³/mol. The molecule has 0 aliphatic carbocycles. The third-order valence-corrected chi connectivity index (χ3v) is 5.70. The van der Waals surface area contributed by atoms with Gasteiger partial charge in [-0.05, 0) is 66.9 Å². The molecule has 0 unspecified atom stereocenters. The van der Waals surface area contributed by atoms with Crippen LogP contribution < -0.4 is 10.1 Å². The van der Waals surface area contributed by atoms with Crippen molar-refractivity contribution in [3.05, 3.63) is 63.1 Å². The second-order valence-corrected chi connectivity index (χ2v) is 8.66. The summed E-state index contributed by atoms with van der Waals surface area (Å²) in [6, 6.07) is 12.4. The lowest BCUT2D eigenvalue weighted by molar-refractivity contribution is -0.142. The third kappa shape index (κ3) is 7.03. The molecule has 0 radical (unpaired) electrons. The van der Waals surface area contributed by atoms with E-state index in [0.717, 1.165) is 17.5 Å². The van der Waals surface area contributed by atoms with Crippen molar-refractivity contribution in [1.29, 1.82) is 0 Å². The van der Waals surface area contributed by atoms with Crippen LogP contribution in [0, 0.1) is 6.92 Å². The predicted octanol–water partition coefficient (Wildman–Crippen LogP) is 5.12. The van der Waals surface area contributed by atoms with Crippen LogP contribution in [0.3, 0.4) is 0 Å². The zero-order valence-corrected chi connectivity index (χ0v) is 20.1. The summed E-state index contributed by atoms with van der Waals surface area (Å²) in [5.74, 6) is 0.0585. The highest BCUT2D eigenvalue weighted by Gasteiger charge is 2.27. The van der Waals surface area contributed by atoms with Gasteiger partial charge in [0.2, 0.25) is 5.91 Å². The molecule has 2 atom stereocenters. The topological polar surface area (TPSA) is 58.6 Å². The van der Waals surface area contributed by atoms with E-state index in [-0.39, 0.29) is 24.5 Å². The van der Waals surface area contributed by atoms with Crippen LogP contribution in [-0.2, 0) is 16.1 Å². The SMILES string of the molecule is CC[C@H](C)NC(=O)[C@@H](C)N(Cc1cccc(C)c1)C(=O)COc1ccc(Cl)cc1Br. The molecule has 2 rings (SSSR count). The van der Waals surface area contributed by atoms with Gasteiger partial charge in [0.15, 0.2) is 6.61 Å². The van der Waals surface area contributed by atoms with Crippen LogP contribution in [0.5, 0.6) is 5.75 Å². The van der Waals surface area contributed by atoms with Crippen LogP contribution in [-0.4, -0.2) is 35.4 Å². The van der Waals surface area contributed by atoms with Crippen molar-refractivity contribution in [2.45, 2.75) is 52.7 Å². The largest absolute Gasteiger partial charge is 0.483 e. The Labute approximate surface area is 191 Å². The van der Waals surface area contributed by atoms with Gasteiger partial charge in [-0.25, -0.2) is 0 Å². The first kappa shape index (κ1) is 24.2. The molecule has 2 aromatic carbocycles. The minimum absolute atomic E-state index is 0.0390. The Balaban J connectivity index is 2.18. The van der Waals surface area contributed by atoms with Gasteiger partial charge in [-0.15, -0.1) is 0 Å². The number of rotatable bonds is 9. The first-order valence-corrected chi connectivity index (χ1v) is 11.1. The number of benzene rings is 2. The summed E-state index contributed by atoms with van der Waals surface area (Å²) in [7, 11) is 0. The second kappa shape index (κ2) is 11.4. The fourth-order valence-electron chi connectivity index (χ4n) is 2.87. The van der Waals surface area contributed by atoms with E-state index in [4.69, 9.17) is 16.3 Å².